The maximum absolute atomic E-state index is 12.6. The number of hydrogen-bond donors (Lipinski definition) is 1. The van der Waals surface area contributed by atoms with Gasteiger partial charge in [0.1, 0.15) is 5.75 Å². The molecule has 1 aromatic carbocycles. The van der Waals surface area contributed by atoms with Crippen molar-refractivity contribution in [3.8, 4) is 5.75 Å². The van der Waals surface area contributed by atoms with Crippen LogP contribution in [0.5, 0.6) is 5.75 Å². The van der Waals surface area contributed by atoms with E-state index in [0.717, 1.165) is 37.4 Å². The Labute approximate surface area is 136 Å². The summed E-state index contributed by atoms with van der Waals surface area (Å²) in [6, 6.07) is 5.75. The highest BCUT2D eigenvalue weighted by molar-refractivity contribution is 6.01. The van der Waals surface area contributed by atoms with Gasteiger partial charge >= 0.3 is 0 Å². The van der Waals surface area contributed by atoms with Crippen molar-refractivity contribution >= 4 is 17.5 Å². The molecule has 2 heterocycles. The number of carbonyl (C=O) groups excluding carboxylic acids is 2. The van der Waals surface area contributed by atoms with Crippen molar-refractivity contribution in [2.24, 2.45) is 5.92 Å². The van der Waals surface area contributed by atoms with Gasteiger partial charge in [0, 0.05) is 39.1 Å². The lowest BCUT2D eigenvalue weighted by Gasteiger charge is -2.29. The number of aryl methyl sites for hydroxylation is 1. The van der Waals surface area contributed by atoms with E-state index in [9.17, 15) is 9.59 Å². The summed E-state index contributed by atoms with van der Waals surface area (Å²) in [5.74, 6) is 0.487. The molecule has 2 aliphatic rings. The van der Waals surface area contributed by atoms with Crippen LogP contribution >= 0.6 is 0 Å². The summed E-state index contributed by atoms with van der Waals surface area (Å²) in [7, 11) is 1.60. The molecule has 2 fully saturated rings. The van der Waals surface area contributed by atoms with Crippen LogP contribution in [0, 0.1) is 12.8 Å². The Morgan fingerprint density at radius 2 is 2.04 bits per heavy atom. The van der Waals surface area contributed by atoms with E-state index >= 15 is 0 Å². The highest BCUT2D eigenvalue weighted by atomic mass is 16.5. The fourth-order valence-corrected chi connectivity index (χ4v) is 3.26. The van der Waals surface area contributed by atoms with Gasteiger partial charge in [-0.2, -0.15) is 0 Å². The molecule has 1 unspecified atom stereocenters. The summed E-state index contributed by atoms with van der Waals surface area (Å²) >= 11 is 0. The van der Waals surface area contributed by atoms with Gasteiger partial charge in [0.15, 0.2) is 0 Å². The molecule has 3 rings (SSSR count). The van der Waals surface area contributed by atoms with E-state index in [0.29, 0.717) is 12.3 Å². The minimum Gasteiger partial charge on any atom is -0.495 e. The Balaban J connectivity index is 1.77. The summed E-state index contributed by atoms with van der Waals surface area (Å²) in [5, 5.41) is 3.24. The van der Waals surface area contributed by atoms with E-state index in [1.54, 1.807) is 12.0 Å². The summed E-state index contributed by atoms with van der Waals surface area (Å²) in [6.07, 6.45) is 0.278. The van der Waals surface area contributed by atoms with Gasteiger partial charge < -0.3 is 19.9 Å². The van der Waals surface area contributed by atoms with Gasteiger partial charge in [0.2, 0.25) is 11.8 Å². The topological polar surface area (TPSA) is 61.9 Å². The zero-order chi connectivity index (χ0) is 16.4. The van der Waals surface area contributed by atoms with E-state index in [-0.39, 0.29) is 24.2 Å². The molecule has 0 aliphatic carbocycles. The Morgan fingerprint density at radius 3 is 2.74 bits per heavy atom. The van der Waals surface area contributed by atoms with Gasteiger partial charge in [-0.25, -0.2) is 0 Å². The van der Waals surface area contributed by atoms with Crippen LogP contribution < -0.4 is 15.0 Å². The highest BCUT2D eigenvalue weighted by Crippen LogP contribution is 2.34. The van der Waals surface area contributed by atoms with Crippen molar-refractivity contribution in [3.05, 3.63) is 23.8 Å². The third-order valence-corrected chi connectivity index (χ3v) is 4.53. The van der Waals surface area contributed by atoms with E-state index in [1.807, 2.05) is 30.0 Å². The average Bonchev–Trinajstić information content (AvgIpc) is 2.96. The van der Waals surface area contributed by atoms with Crippen LogP contribution in [0.1, 0.15) is 12.0 Å². The molecule has 1 atom stereocenters. The number of benzene rings is 1. The Kier molecular flexibility index (Phi) is 4.52. The standard InChI is InChI=1S/C17H23N3O3/c1-12-3-4-15(23-2)14(9-12)20-11-13(10-16(20)21)17(22)19-7-5-18-6-8-19/h3-4,9,13,18H,5-8,10-11H2,1-2H3. The molecule has 1 aromatic rings. The third-order valence-electron chi connectivity index (χ3n) is 4.53. The van der Waals surface area contributed by atoms with Gasteiger partial charge in [-0.15, -0.1) is 0 Å². The van der Waals surface area contributed by atoms with Gasteiger partial charge in [-0.05, 0) is 24.6 Å². The van der Waals surface area contributed by atoms with E-state index in [2.05, 4.69) is 5.32 Å². The second-order valence-electron chi connectivity index (χ2n) is 6.16. The number of amides is 2. The number of nitrogens with one attached hydrogen (secondary N) is 1. The maximum atomic E-state index is 12.6. The number of nitrogens with zero attached hydrogens (tertiary/aromatic N) is 2. The fraction of sp³-hybridized carbons (Fsp3) is 0.529. The normalized spacial score (nSPS) is 21.7. The van der Waals surface area contributed by atoms with E-state index < -0.39 is 0 Å². The summed E-state index contributed by atoms with van der Waals surface area (Å²) in [4.78, 5) is 28.6. The second kappa shape index (κ2) is 6.58. The van der Waals surface area contributed by atoms with Crippen LogP contribution in [0.3, 0.4) is 0 Å². The average molecular weight is 317 g/mol. The molecule has 6 nitrogen and oxygen atoms in total. The van der Waals surface area contributed by atoms with Gasteiger partial charge in [-0.3, -0.25) is 9.59 Å². The molecule has 2 amide bonds. The van der Waals surface area contributed by atoms with E-state index in [4.69, 9.17) is 4.74 Å². The molecule has 0 bridgehead atoms. The molecule has 0 saturated carbocycles. The molecule has 0 spiro atoms. The van der Waals surface area contributed by atoms with Gasteiger partial charge in [-0.1, -0.05) is 6.07 Å². The Bertz CT molecular complexity index is 611. The number of hydrogen-bond acceptors (Lipinski definition) is 4. The molecular weight excluding hydrogens is 294 g/mol. The first-order valence-corrected chi connectivity index (χ1v) is 8.04. The zero-order valence-electron chi connectivity index (χ0n) is 13.7. The molecule has 0 radical (unpaired) electrons. The van der Waals surface area contributed by atoms with Gasteiger partial charge in [0.05, 0.1) is 18.7 Å². The third kappa shape index (κ3) is 3.17. The number of rotatable bonds is 3. The predicted molar refractivity (Wildman–Crippen MR) is 87.6 cm³/mol. The van der Waals surface area contributed by atoms with Crippen molar-refractivity contribution < 1.29 is 14.3 Å². The zero-order valence-corrected chi connectivity index (χ0v) is 13.7. The first-order chi connectivity index (χ1) is 11.1. The minimum absolute atomic E-state index is 0.0117. The van der Waals surface area contributed by atoms with Crippen molar-refractivity contribution in [1.82, 2.24) is 10.2 Å². The summed E-state index contributed by atoms with van der Waals surface area (Å²) in [6.45, 7) is 5.49. The van der Waals surface area contributed by atoms with E-state index in [1.165, 1.54) is 0 Å². The summed E-state index contributed by atoms with van der Waals surface area (Å²) in [5.41, 5.74) is 1.82. The van der Waals surface area contributed by atoms with Crippen molar-refractivity contribution in [3.63, 3.8) is 0 Å². The quantitative estimate of drug-likeness (QED) is 0.895. The number of carbonyl (C=O) groups is 2. The van der Waals surface area contributed by atoms with Crippen molar-refractivity contribution in [2.45, 2.75) is 13.3 Å². The van der Waals surface area contributed by atoms with Crippen LogP contribution in [0.2, 0.25) is 0 Å². The van der Waals surface area contributed by atoms with Crippen LogP contribution in [0.4, 0.5) is 5.69 Å². The lowest BCUT2D eigenvalue weighted by Crippen LogP contribution is -2.48. The van der Waals surface area contributed by atoms with Crippen molar-refractivity contribution in [2.75, 3.05) is 44.7 Å². The molecule has 124 valence electrons. The molecular formula is C17H23N3O3. The molecule has 23 heavy (non-hydrogen) atoms. The monoisotopic (exact) mass is 317 g/mol. The lowest BCUT2D eigenvalue weighted by atomic mass is 10.1. The number of piperazine rings is 1. The number of anilines is 1. The largest absolute Gasteiger partial charge is 0.495 e. The second-order valence-corrected chi connectivity index (χ2v) is 6.16. The van der Waals surface area contributed by atoms with Crippen LogP contribution in [-0.4, -0.2) is 56.5 Å². The fourth-order valence-electron chi connectivity index (χ4n) is 3.26. The maximum Gasteiger partial charge on any atom is 0.228 e. The molecule has 2 saturated heterocycles. The van der Waals surface area contributed by atoms with Crippen LogP contribution in [-0.2, 0) is 9.59 Å². The highest BCUT2D eigenvalue weighted by Gasteiger charge is 2.38. The Morgan fingerprint density at radius 1 is 1.30 bits per heavy atom. The Hall–Kier alpha value is -2.08. The molecule has 0 aromatic heterocycles. The first kappa shape index (κ1) is 15.8. The molecule has 1 N–H and O–H groups in total. The first-order valence-electron chi connectivity index (χ1n) is 8.04. The number of ether oxygens (including phenoxy) is 1. The smallest absolute Gasteiger partial charge is 0.228 e. The van der Waals surface area contributed by atoms with Crippen molar-refractivity contribution in [1.29, 1.82) is 0 Å². The molecule has 2 aliphatic heterocycles. The van der Waals surface area contributed by atoms with Crippen LogP contribution in [0.25, 0.3) is 0 Å². The summed E-state index contributed by atoms with van der Waals surface area (Å²) < 4.78 is 5.38. The number of methoxy groups -OCH3 is 1. The van der Waals surface area contributed by atoms with Gasteiger partial charge in [0.25, 0.3) is 0 Å². The molecule has 6 heteroatoms. The predicted octanol–water partition coefficient (Wildman–Crippen LogP) is 0.788. The minimum atomic E-state index is -0.259. The van der Waals surface area contributed by atoms with Crippen LogP contribution in [0.15, 0.2) is 18.2 Å². The SMILES string of the molecule is COc1ccc(C)cc1N1CC(C(=O)N2CCNCC2)CC1=O. The lowest BCUT2D eigenvalue weighted by molar-refractivity contribution is -0.136.